The van der Waals surface area contributed by atoms with Crippen molar-refractivity contribution < 1.29 is 4.39 Å². The number of rotatable bonds is 5. The molecule has 1 aromatic heterocycles. The third-order valence-electron chi connectivity index (χ3n) is 3.81. The van der Waals surface area contributed by atoms with E-state index in [-0.39, 0.29) is 13.0 Å². The normalized spacial score (nSPS) is 15.6. The molecule has 0 saturated carbocycles. The topological polar surface area (TPSA) is 43.8 Å². The second-order valence-electron chi connectivity index (χ2n) is 5.97. The zero-order valence-electron chi connectivity index (χ0n) is 12.6. The minimum absolute atomic E-state index is 0.0246. The molecule has 0 aliphatic rings. The summed E-state index contributed by atoms with van der Waals surface area (Å²) in [6.45, 7) is 10.2. The summed E-state index contributed by atoms with van der Waals surface area (Å²) >= 11 is 6.33. The Morgan fingerprint density at radius 2 is 1.89 bits per heavy atom. The zero-order chi connectivity index (χ0) is 14.8. The van der Waals surface area contributed by atoms with Gasteiger partial charge >= 0.3 is 0 Å². The third kappa shape index (κ3) is 3.11. The summed E-state index contributed by atoms with van der Waals surface area (Å²) in [6, 6.07) is 0. The average molecular weight is 290 g/mol. The molecule has 0 fully saturated rings. The van der Waals surface area contributed by atoms with Crippen LogP contribution in [0.2, 0.25) is 5.02 Å². The lowest BCUT2D eigenvalue weighted by Gasteiger charge is -2.37. The van der Waals surface area contributed by atoms with Crippen molar-refractivity contribution in [3.05, 3.63) is 16.4 Å². The van der Waals surface area contributed by atoms with Crippen molar-refractivity contribution in [1.29, 1.82) is 0 Å². The molecule has 1 atom stereocenters. The monoisotopic (exact) mass is 289 g/mol. The molecule has 0 saturated heterocycles. The summed E-state index contributed by atoms with van der Waals surface area (Å²) in [4.78, 5) is 0. The van der Waals surface area contributed by atoms with Gasteiger partial charge in [-0.15, -0.1) is 0 Å². The first kappa shape index (κ1) is 16.4. The van der Waals surface area contributed by atoms with Gasteiger partial charge in [-0.1, -0.05) is 39.3 Å². The Labute approximate surface area is 120 Å². The lowest BCUT2D eigenvalue weighted by Crippen LogP contribution is -2.47. The Balaban J connectivity index is 3.21. The highest BCUT2D eigenvalue weighted by atomic mass is 35.5. The molecule has 1 rings (SSSR count). The van der Waals surface area contributed by atoms with Crippen LogP contribution in [0.25, 0.3) is 0 Å². The summed E-state index contributed by atoms with van der Waals surface area (Å²) < 4.78 is 16.9. The summed E-state index contributed by atoms with van der Waals surface area (Å²) in [6.07, 6.45) is 0.947. The molecule has 3 nitrogen and oxygen atoms in total. The summed E-state index contributed by atoms with van der Waals surface area (Å²) in [5.74, 6) is 0. The van der Waals surface area contributed by atoms with E-state index in [0.717, 1.165) is 17.8 Å². The Hall–Kier alpha value is -0.610. The van der Waals surface area contributed by atoms with Gasteiger partial charge in [0.25, 0.3) is 0 Å². The van der Waals surface area contributed by atoms with Crippen molar-refractivity contribution >= 4 is 11.6 Å². The molecule has 0 bridgehead atoms. The van der Waals surface area contributed by atoms with Crippen LogP contribution in [-0.4, -0.2) is 22.0 Å². The SMILES string of the molecule is CCc1nn(CC)c(CC(F)(CN)C(C)(C)C)c1Cl. The molecule has 0 amide bonds. The number of alkyl halides is 1. The van der Waals surface area contributed by atoms with E-state index in [1.807, 2.05) is 34.6 Å². The maximum absolute atomic E-state index is 15.1. The number of halogens is 2. The highest BCUT2D eigenvalue weighted by molar-refractivity contribution is 6.31. The predicted molar refractivity (Wildman–Crippen MR) is 78.3 cm³/mol. The first-order valence-corrected chi connectivity index (χ1v) is 7.21. The lowest BCUT2D eigenvalue weighted by atomic mass is 9.75. The summed E-state index contributed by atoms with van der Waals surface area (Å²) in [5.41, 5.74) is 5.22. The fourth-order valence-corrected chi connectivity index (χ4v) is 2.43. The number of hydrogen-bond donors (Lipinski definition) is 1. The minimum Gasteiger partial charge on any atom is -0.327 e. The minimum atomic E-state index is -1.49. The van der Waals surface area contributed by atoms with Crippen LogP contribution in [-0.2, 0) is 19.4 Å². The molecule has 1 heterocycles. The van der Waals surface area contributed by atoms with Crippen LogP contribution in [0, 0.1) is 5.41 Å². The molecule has 0 radical (unpaired) electrons. The summed E-state index contributed by atoms with van der Waals surface area (Å²) in [7, 11) is 0. The van der Waals surface area contributed by atoms with E-state index in [1.54, 1.807) is 4.68 Å². The fourth-order valence-electron chi connectivity index (χ4n) is 2.10. The number of nitrogens with zero attached hydrogens (tertiary/aromatic N) is 2. The van der Waals surface area contributed by atoms with Crippen LogP contribution in [0.5, 0.6) is 0 Å². The molecule has 0 spiro atoms. The van der Waals surface area contributed by atoms with E-state index in [4.69, 9.17) is 17.3 Å². The van der Waals surface area contributed by atoms with Crippen molar-refractivity contribution in [2.24, 2.45) is 11.1 Å². The van der Waals surface area contributed by atoms with Gasteiger partial charge in [-0.2, -0.15) is 5.10 Å². The van der Waals surface area contributed by atoms with Crippen LogP contribution in [0.3, 0.4) is 0 Å². The van der Waals surface area contributed by atoms with Crippen LogP contribution in [0.1, 0.15) is 46.0 Å². The van der Waals surface area contributed by atoms with Gasteiger partial charge in [0.05, 0.1) is 16.4 Å². The number of aryl methyl sites for hydroxylation is 2. The van der Waals surface area contributed by atoms with Gasteiger partial charge in [-0.25, -0.2) is 4.39 Å². The highest BCUT2D eigenvalue weighted by Crippen LogP contribution is 2.38. The molecule has 2 N–H and O–H groups in total. The molecule has 5 heteroatoms. The second-order valence-corrected chi connectivity index (χ2v) is 6.35. The molecule has 19 heavy (non-hydrogen) atoms. The average Bonchev–Trinajstić information content (AvgIpc) is 2.64. The zero-order valence-corrected chi connectivity index (χ0v) is 13.3. The number of aromatic nitrogens is 2. The molecular weight excluding hydrogens is 265 g/mol. The van der Waals surface area contributed by atoms with E-state index in [0.29, 0.717) is 11.6 Å². The van der Waals surface area contributed by atoms with Crippen molar-refractivity contribution in [2.75, 3.05) is 6.54 Å². The van der Waals surface area contributed by atoms with Gasteiger partial charge in [0, 0.05) is 19.5 Å². The van der Waals surface area contributed by atoms with E-state index in [9.17, 15) is 0 Å². The maximum Gasteiger partial charge on any atom is 0.133 e. The van der Waals surface area contributed by atoms with Gasteiger partial charge in [0.2, 0.25) is 0 Å². The molecule has 0 aliphatic carbocycles. The fraction of sp³-hybridized carbons (Fsp3) is 0.786. The van der Waals surface area contributed by atoms with Crippen molar-refractivity contribution in [3.8, 4) is 0 Å². The van der Waals surface area contributed by atoms with Gasteiger partial charge in [-0.3, -0.25) is 4.68 Å². The van der Waals surface area contributed by atoms with E-state index < -0.39 is 11.1 Å². The maximum atomic E-state index is 15.1. The van der Waals surface area contributed by atoms with Crippen molar-refractivity contribution in [3.63, 3.8) is 0 Å². The molecule has 110 valence electrons. The first-order valence-electron chi connectivity index (χ1n) is 6.83. The van der Waals surface area contributed by atoms with Crippen LogP contribution < -0.4 is 5.73 Å². The molecule has 1 unspecified atom stereocenters. The Morgan fingerprint density at radius 3 is 2.26 bits per heavy atom. The van der Waals surface area contributed by atoms with E-state index in [2.05, 4.69) is 5.10 Å². The van der Waals surface area contributed by atoms with Gasteiger partial charge in [0.1, 0.15) is 5.67 Å². The predicted octanol–water partition coefficient (Wildman–Crippen LogP) is 3.37. The Kier molecular flexibility index (Phi) is 5.02. The first-order chi connectivity index (χ1) is 8.70. The molecular formula is C14H25ClFN3. The van der Waals surface area contributed by atoms with Crippen molar-refractivity contribution in [1.82, 2.24) is 9.78 Å². The number of hydrogen-bond acceptors (Lipinski definition) is 2. The third-order valence-corrected chi connectivity index (χ3v) is 4.25. The second kappa shape index (κ2) is 5.80. The molecule has 1 aromatic rings. The quantitative estimate of drug-likeness (QED) is 0.903. The van der Waals surface area contributed by atoms with Gasteiger partial charge < -0.3 is 5.73 Å². The highest BCUT2D eigenvalue weighted by Gasteiger charge is 2.42. The Bertz CT molecular complexity index is 437. The van der Waals surface area contributed by atoms with E-state index >= 15 is 4.39 Å². The largest absolute Gasteiger partial charge is 0.327 e. The number of nitrogens with two attached hydrogens (primary N) is 1. The smallest absolute Gasteiger partial charge is 0.133 e. The van der Waals surface area contributed by atoms with Gasteiger partial charge in [-0.05, 0) is 18.8 Å². The molecule has 0 aliphatic heterocycles. The van der Waals surface area contributed by atoms with Crippen LogP contribution in [0.15, 0.2) is 0 Å². The van der Waals surface area contributed by atoms with E-state index in [1.165, 1.54) is 0 Å². The van der Waals surface area contributed by atoms with Crippen molar-refractivity contribution in [2.45, 2.75) is 59.7 Å². The Morgan fingerprint density at radius 1 is 1.32 bits per heavy atom. The summed E-state index contributed by atoms with van der Waals surface area (Å²) in [5, 5.41) is 5.01. The van der Waals surface area contributed by atoms with Crippen LogP contribution in [0.4, 0.5) is 4.39 Å². The van der Waals surface area contributed by atoms with Crippen LogP contribution >= 0.6 is 11.6 Å². The standard InChI is InChI=1S/C14H25ClFN3/c1-6-10-12(15)11(19(7-2)18-10)8-14(16,9-17)13(3,4)5/h6-9,17H2,1-5H3. The van der Waals surface area contributed by atoms with Gasteiger partial charge in [0.15, 0.2) is 0 Å². The molecule has 0 aromatic carbocycles. The lowest BCUT2D eigenvalue weighted by molar-refractivity contribution is 0.0363.